The predicted molar refractivity (Wildman–Crippen MR) is 86.3 cm³/mol. The average molecular weight is 309 g/mol. The summed E-state index contributed by atoms with van der Waals surface area (Å²) in [6, 6.07) is 5.32. The molecule has 1 amide bonds. The van der Waals surface area contributed by atoms with Gasteiger partial charge < -0.3 is 19.5 Å². The van der Waals surface area contributed by atoms with Crippen molar-refractivity contribution in [3.05, 3.63) is 29.3 Å². The van der Waals surface area contributed by atoms with Crippen LogP contribution in [0.25, 0.3) is 0 Å². The van der Waals surface area contributed by atoms with Crippen molar-refractivity contribution in [3.8, 4) is 5.75 Å². The first-order valence-corrected chi connectivity index (χ1v) is 7.52. The zero-order valence-electron chi connectivity index (χ0n) is 14.1. The van der Waals surface area contributed by atoms with Crippen LogP contribution in [0, 0.1) is 5.92 Å². The van der Waals surface area contributed by atoms with Crippen molar-refractivity contribution in [2.24, 2.45) is 5.92 Å². The van der Waals surface area contributed by atoms with Gasteiger partial charge in [0.1, 0.15) is 5.75 Å². The highest BCUT2D eigenvalue weighted by atomic mass is 16.5. The summed E-state index contributed by atoms with van der Waals surface area (Å²) in [6.45, 7) is 7.67. The highest BCUT2D eigenvalue weighted by Gasteiger charge is 2.13. The van der Waals surface area contributed by atoms with Gasteiger partial charge >= 0.3 is 0 Å². The molecule has 124 valence electrons. The Balaban J connectivity index is 2.77. The molecule has 0 saturated carbocycles. The minimum absolute atomic E-state index is 0.0414. The Kier molecular flexibility index (Phi) is 7.91. The standard InChI is InChI=1S/C17H27NO4/c1-12(2)9-22-11-15-8-14(6-7-16(15)21-5)17(19)18-13(3)10-20-4/h6-8,12-13H,9-11H2,1-5H3,(H,18,19). The molecule has 1 N–H and O–H groups in total. The van der Waals surface area contributed by atoms with Gasteiger partial charge in [0.2, 0.25) is 0 Å². The summed E-state index contributed by atoms with van der Waals surface area (Å²) >= 11 is 0. The average Bonchev–Trinajstić information content (AvgIpc) is 2.46. The molecule has 5 heteroatoms. The second-order valence-electron chi connectivity index (χ2n) is 5.77. The second-order valence-corrected chi connectivity index (χ2v) is 5.77. The van der Waals surface area contributed by atoms with E-state index in [1.165, 1.54) is 0 Å². The lowest BCUT2D eigenvalue weighted by atomic mass is 10.1. The molecule has 0 spiro atoms. The number of carbonyl (C=O) groups is 1. The number of hydrogen-bond donors (Lipinski definition) is 1. The fourth-order valence-electron chi connectivity index (χ4n) is 2.04. The summed E-state index contributed by atoms with van der Waals surface area (Å²) in [5.41, 5.74) is 1.46. The zero-order chi connectivity index (χ0) is 16.5. The molecule has 5 nitrogen and oxygen atoms in total. The Morgan fingerprint density at radius 1 is 1.18 bits per heavy atom. The molecule has 0 aliphatic rings. The highest BCUT2D eigenvalue weighted by molar-refractivity contribution is 5.94. The van der Waals surface area contributed by atoms with Crippen molar-refractivity contribution in [3.63, 3.8) is 0 Å². The largest absolute Gasteiger partial charge is 0.496 e. The topological polar surface area (TPSA) is 56.8 Å². The number of benzene rings is 1. The molecule has 1 atom stereocenters. The summed E-state index contributed by atoms with van der Waals surface area (Å²) in [5, 5.41) is 2.89. The predicted octanol–water partition coefficient (Wildman–Crippen LogP) is 2.63. The van der Waals surface area contributed by atoms with E-state index < -0.39 is 0 Å². The molecule has 1 aromatic rings. The quantitative estimate of drug-likeness (QED) is 0.762. The maximum atomic E-state index is 12.2. The number of hydrogen-bond acceptors (Lipinski definition) is 4. The zero-order valence-corrected chi connectivity index (χ0v) is 14.1. The van der Waals surface area contributed by atoms with Gasteiger partial charge in [-0.2, -0.15) is 0 Å². The summed E-state index contributed by atoms with van der Waals surface area (Å²) < 4.78 is 16.0. The van der Waals surface area contributed by atoms with E-state index in [0.29, 0.717) is 31.3 Å². The highest BCUT2D eigenvalue weighted by Crippen LogP contribution is 2.21. The molecular formula is C17H27NO4. The van der Waals surface area contributed by atoms with Crippen LogP contribution < -0.4 is 10.1 Å². The van der Waals surface area contributed by atoms with E-state index in [1.54, 1.807) is 26.4 Å². The van der Waals surface area contributed by atoms with Gasteiger partial charge in [0.25, 0.3) is 5.91 Å². The molecule has 0 fully saturated rings. The lowest BCUT2D eigenvalue weighted by Crippen LogP contribution is -2.35. The third-order valence-corrected chi connectivity index (χ3v) is 3.05. The fraction of sp³-hybridized carbons (Fsp3) is 0.588. The van der Waals surface area contributed by atoms with Crippen LogP contribution in [0.2, 0.25) is 0 Å². The molecule has 0 bridgehead atoms. The third-order valence-electron chi connectivity index (χ3n) is 3.05. The monoisotopic (exact) mass is 309 g/mol. The van der Waals surface area contributed by atoms with Gasteiger partial charge in [-0.1, -0.05) is 13.8 Å². The van der Waals surface area contributed by atoms with Gasteiger partial charge in [-0.25, -0.2) is 0 Å². The third kappa shape index (κ3) is 6.03. The molecule has 22 heavy (non-hydrogen) atoms. The first kappa shape index (κ1) is 18.5. The van der Waals surface area contributed by atoms with Crippen LogP contribution in [0.3, 0.4) is 0 Å². The van der Waals surface area contributed by atoms with E-state index in [-0.39, 0.29) is 11.9 Å². The first-order valence-electron chi connectivity index (χ1n) is 7.52. The van der Waals surface area contributed by atoms with Crippen molar-refractivity contribution >= 4 is 5.91 Å². The van der Waals surface area contributed by atoms with E-state index in [2.05, 4.69) is 19.2 Å². The molecular weight excluding hydrogens is 282 g/mol. The summed E-state index contributed by atoms with van der Waals surface area (Å²) in [7, 11) is 3.22. The molecule has 0 heterocycles. The molecule has 0 aliphatic heterocycles. The van der Waals surface area contributed by atoms with Gasteiger partial charge in [-0.05, 0) is 31.0 Å². The van der Waals surface area contributed by atoms with Crippen molar-refractivity contribution in [2.75, 3.05) is 27.4 Å². The van der Waals surface area contributed by atoms with Crippen molar-refractivity contribution < 1.29 is 19.0 Å². The van der Waals surface area contributed by atoms with Crippen LogP contribution in [0.5, 0.6) is 5.75 Å². The minimum Gasteiger partial charge on any atom is -0.496 e. The molecule has 0 aliphatic carbocycles. The van der Waals surface area contributed by atoms with E-state index in [1.807, 2.05) is 13.0 Å². The van der Waals surface area contributed by atoms with E-state index in [9.17, 15) is 4.79 Å². The smallest absolute Gasteiger partial charge is 0.251 e. The van der Waals surface area contributed by atoms with Crippen LogP contribution >= 0.6 is 0 Å². The Hall–Kier alpha value is -1.59. The van der Waals surface area contributed by atoms with Gasteiger partial charge in [-0.15, -0.1) is 0 Å². The van der Waals surface area contributed by atoms with E-state index in [0.717, 1.165) is 11.3 Å². The SMILES string of the molecule is COCC(C)NC(=O)c1ccc(OC)c(COCC(C)C)c1. The van der Waals surface area contributed by atoms with Crippen LogP contribution in [-0.4, -0.2) is 39.4 Å². The molecule has 0 radical (unpaired) electrons. The first-order chi connectivity index (χ1) is 10.5. The summed E-state index contributed by atoms with van der Waals surface area (Å²) in [4.78, 5) is 12.2. The van der Waals surface area contributed by atoms with E-state index in [4.69, 9.17) is 14.2 Å². The molecule has 1 aromatic carbocycles. The lowest BCUT2D eigenvalue weighted by molar-refractivity contribution is 0.0901. The number of amides is 1. The van der Waals surface area contributed by atoms with Crippen molar-refractivity contribution in [1.29, 1.82) is 0 Å². The molecule has 1 unspecified atom stereocenters. The van der Waals surface area contributed by atoms with Crippen LogP contribution in [0.15, 0.2) is 18.2 Å². The lowest BCUT2D eigenvalue weighted by Gasteiger charge is -2.15. The molecule has 0 saturated heterocycles. The van der Waals surface area contributed by atoms with E-state index >= 15 is 0 Å². The van der Waals surface area contributed by atoms with Crippen molar-refractivity contribution in [2.45, 2.75) is 33.4 Å². The van der Waals surface area contributed by atoms with Crippen LogP contribution in [-0.2, 0) is 16.1 Å². The summed E-state index contributed by atoms with van der Waals surface area (Å²) in [5.74, 6) is 1.06. The number of carbonyl (C=O) groups excluding carboxylic acids is 1. The Labute approximate surface area is 132 Å². The number of methoxy groups -OCH3 is 2. The number of ether oxygens (including phenoxy) is 3. The minimum atomic E-state index is -0.127. The maximum Gasteiger partial charge on any atom is 0.251 e. The molecule has 1 rings (SSSR count). The number of rotatable bonds is 9. The maximum absolute atomic E-state index is 12.2. The van der Waals surface area contributed by atoms with Gasteiger partial charge in [0.15, 0.2) is 0 Å². The second kappa shape index (κ2) is 9.43. The van der Waals surface area contributed by atoms with Crippen molar-refractivity contribution in [1.82, 2.24) is 5.32 Å². The normalized spacial score (nSPS) is 12.3. The summed E-state index contributed by atoms with van der Waals surface area (Å²) in [6.07, 6.45) is 0. The van der Waals surface area contributed by atoms with Crippen LogP contribution in [0.4, 0.5) is 0 Å². The molecule has 0 aromatic heterocycles. The van der Waals surface area contributed by atoms with Gasteiger partial charge in [0.05, 0.1) is 20.3 Å². The Bertz CT molecular complexity index is 474. The van der Waals surface area contributed by atoms with Gasteiger partial charge in [-0.3, -0.25) is 4.79 Å². The Morgan fingerprint density at radius 2 is 1.91 bits per heavy atom. The Morgan fingerprint density at radius 3 is 2.50 bits per heavy atom. The number of nitrogens with one attached hydrogen (secondary N) is 1. The van der Waals surface area contributed by atoms with Crippen LogP contribution in [0.1, 0.15) is 36.7 Å². The fourth-order valence-corrected chi connectivity index (χ4v) is 2.04. The van der Waals surface area contributed by atoms with Gasteiger partial charge in [0, 0.05) is 30.9 Å².